The van der Waals surface area contributed by atoms with Crippen LogP contribution in [0.15, 0.2) is 30.5 Å². The summed E-state index contributed by atoms with van der Waals surface area (Å²) in [6, 6.07) is 7.76. The second-order valence-corrected chi connectivity index (χ2v) is 4.25. The molecule has 5 heteroatoms. The number of hydrogen-bond donors (Lipinski definition) is 2. The standard InChI is InChI=1S/C13H13N3O2/c1-18-11-5-3-2-4-8(11)9-6-12(17)15-13-10(9)7-14-16-13/h2-5,7,9H,6H2,1H3,(H2,14,15,16,17)/t9-/m1/s1. The predicted octanol–water partition coefficient (Wildman–Crippen LogP) is 1.89. The van der Waals surface area contributed by atoms with E-state index < -0.39 is 0 Å². The van der Waals surface area contributed by atoms with E-state index in [1.54, 1.807) is 13.3 Å². The molecule has 0 saturated carbocycles. The number of aromatic amines is 1. The van der Waals surface area contributed by atoms with Gasteiger partial charge in [0.2, 0.25) is 5.91 Å². The van der Waals surface area contributed by atoms with E-state index in [0.717, 1.165) is 16.9 Å². The van der Waals surface area contributed by atoms with Crippen molar-refractivity contribution in [2.24, 2.45) is 0 Å². The molecule has 0 unspecified atom stereocenters. The van der Waals surface area contributed by atoms with Gasteiger partial charge in [-0.05, 0) is 6.07 Å². The van der Waals surface area contributed by atoms with Crippen LogP contribution in [0.1, 0.15) is 23.5 Å². The quantitative estimate of drug-likeness (QED) is 0.846. The van der Waals surface area contributed by atoms with Crippen molar-refractivity contribution in [3.05, 3.63) is 41.6 Å². The highest BCUT2D eigenvalue weighted by atomic mass is 16.5. The number of aromatic nitrogens is 2. The number of anilines is 1. The maximum atomic E-state index is 11.7. The van der Waals surface area contributed by atoms with Crippen LogP contribution in [0.3, 0.4) is 0 Å². The van der Waals surface area contributed by atoms with Crippen LogP contribution < -0.4 is 10.1 Å². The average Bonchev–Trinajstić information content (AvgIpc) is 2.85. The van der Waals surface area contributed by atoms with Gasteiger partial charge < -0.3 is 10.1 Å². The zero-order valence-electron chi connectivity index (χ0n) is 9.93. The highest BCUT2D eigenvalue weighted by Crippen LogP contribution is 2.39. The van der Waals surface area contributed by atoms with Crippen molar-refractivity contribution in [1.82, 2.24) is 10.2 Å². The summed E-state index contributed by atoms with van der Waals surface area (Å²) in [5, 5.41) is 9.57. The molecule has 5 nitrogen and oxygen atoms in total. The fourth-order valence-electron chi connectivity index (χ4n) is 2.38. The Hall–Kier alpha value is -2.30. The number of hydrogen-bond acceptors (Lipinski definition) is 3. The SMILES string of the molecule is COc1ccccc1[C@H]1CC(=O)Nc2[nH]ncc21. The average molecular weight is 243 g/mol. The third-order valence-corrected chi connectivity index (χ3v) is 3.21. The summed E-state index contributed by atoms with van der Waals surface area (Å²) in [6.07, 6.45) is 2.17. The smallest absolute Gasteiger partial charge is 0.226 e. The number of nitrogens with one attached hydrogen (secondary N) is 2. The Labute approximate surface area is 104 Å². The number of benzene rings is 1. The Morgan fingerprint density at radius 2 is 2.17 bits per heavy atom. The zero-order chi connectivity index (χ0) is 12.5. The lowest BCUT2D eigenvalue weighted by atomic mass is 9.87. The molecule has 1 aromatic carbocycles. The van der Waals surface area contributed by atoms with E-state index in [9.17, 15) is 4.79 Å². The molecule has 1 aliphatic heterocycles. The van der Waals surface area contributed by atoms with Gasteiger partial charge in [0, 0.05) is 23.5 Å². The summed E-state index contributed by atoms with van der Waals surface area (Å²) in [4.78, 5) is 11.7. The van der Waals surface area contributed by atoms with E-state index in [1.165, 1.54) is 0 Å². The molecular formula is C13H13N3O2. The summed E-state index contributed by atoms with van der Waals surface area (Å²) in [7, 11) is 1.64. The van der Waals surface area contributed by atoms with Gasteiger partial charge in [0.05, 0.1) is 13.3 Å². The van der Waals surface area contributed by atoms with Gasteiger partial charge in [-0.2, -0.15) is 5.10 Å². The van der Waals surface area contributed by atoms with Gasteiger partial charge in [0.1, 0.15) is 11.6 Å². The summed E-state index contributed by atoms with van der Waals surface area (Å²) in [6.45, 7) is 0. The second-order valence-electron chi connectivity index (χ2n) is 4.25. The highest BCUT2D eigenvalue weighted by molar-refractivity contribution is 5.94. The number of amides is 1. The Morgan fingerprint density at radius 1 is 1.33 bits per heavy atom. The van der Waals surface area contributed by atoms with Gasteiger partial charge in [-0.15, -0.1) is 0 Å². The number of H-pyrrole nitrogens is 1. The van der Waals surface area contributed by atoms with Crippen LogP contribution in [0.5, 0.6) is 5.75 Å². The van der Waals surface area contributed by atoms with Crippen molar-refractivity contribution in [3.63, 3.8) is 0 Å². The summed E-state index contributed by atoms with van der Waals surface area (Å²) in [5.41, 5.74) is 2.01. The molecule has 0 saturated heterocycles. The lowest BCUT2D eigenvalue weighted by molar-refractivity contribution is -0.116. The molecule has 3 rings (SSSR count). The molecule has 1 amide bonds. The monoisotopic (exact) mass is 243 g/mol. The maximum absolute atomic E-state index is 11.7. The van der Waals surface area contributed by atoms with Crippen LogP contribution in [-0.2, 0) is 4.79 Å². The van der Waals surface area contributed by atoms with Gasteiger partial charge in [-0.3, -0.25) is 9.89 Å². The molecule has 0 aliphatic carbocycles. The summed E-state index contributed by atoms with van der Waals surface area (Å²) >= 11 is 0. The van der Waals surface area contributed by atoms with Crippen molar-refractivity contribution in [2.75, 3.05) is 12.4 Å². The van der Waals surface area contributed by atoms with Crippen LogP contribution in [0.2, 0.25) is 0 Å². The van der Waals surface area contributed by atoms with Crippen LogP contribution in [-0.4, -0.2) is 23.2 Å². The molecule has 1 aromatic heterocycles. The van der Waals surface area contributed by atoms with Gasteiger partial charge in [-0.1, -0.05) is 18.2 Å². The van der Waals surface area contributed by atoms with E-state index in [0.29, 0.717) is 12.2 Å². The minimum Gasteiger partial charge on any atom is -0.496 e. The van der Waals surface area contributed by atoms with Gasteiger partial charge >= 0.3 is 0 Å². The lowest BCUT2D eigenvalue weighted by Gasteiger charge is -2.23. The topological polar surface area (TPSA) is 67.0 Å². The summed E-state index contributed by atoms with van der Waals surface area (Å²) in [5.74, 6) is 1.46. The third kappa shape index (κ3) is 1.64. The lowest BCUT2D eigenvalue weighted by Crippen LogP contribution is -2.23. The van der Waals surface area contributed by atoms with Crippen LogP contribution in [0.25, 0.3) is 0 Å². The Morgan fingerprint density at radius 3 is 3.00 bits per heavy atom. The van der Waals surface area contributed by atoms with Crippen LogP contribution >= 0.6 is 0 Å². The molecule has 1 aliphatic rings. The van der Waals surface area contributed by atoms with Crippen molar-refractivity contribution < 1.29 is 9.53 Å². The normalized spacial score (nSPS) is 18.1. The van der Waals surface area contributed by atoms with Gasteiger partial charge in [-0.25, -0.2) is 0 Å². The maximum Gasteiger partial charge on any atom is 0.226 e. The first-order valence-electron chi connectivity index (χ1n) is 5.75. The highest BCUT2D eigenvalue weighted by Gasteiger charge is 2.29. The number of carbonyl (C=O) groups is 1. The minimum atomic E-state index is -0.0114. The van der Waals surface area contributed by atoms with Crippen LogP contribution in [0.4, 0.5) is 5.82 Å². The fraction of sp³-hybridized carbons (Fsp3) is 0.231. The molecule has 0 radical (unpaired) electrons. The molecule has 0 fully saturated rings. The Bertz CT molecular complexity index is 591. The van der Waals surface area contributed by atoms with Crippen molar-refractivity contribution in [3.8, 4) is 5.75 Å². The molecule has 92 valence electrons. The number of carbonyl (C=O) groups excluding carboxylic acids is 1. The molecule has 2 aromatic rings. The molecule has 2 heterocycles. The van der Waals surface area contributed by atoms with Crippen molar-refractivity contribution in [2.45, 2.75) is 12.3 Å². The zero-order valence-corrected chi connectivity index (χ0v) is 9.93. The number of rotatable bonds is 2. The molecule has 1 atom stereocenters. The van der Waals surface area contributed by atoms with Crippen LogP contribution in [0, 0.1) is 0 Å². The molecular weight excluding hydrogens is 230 g/mol. The van der Waals surface area contributed by atoms with Crippen molar-refractivity contribution >= 4 is 11.7 Å². The second kappa shape index (κ2) is 4.18. The van der Waals surface area contributed by atoms with E-state index in [1.807, 2.05) is 24.3 Å². The molecule has 0 bridgehead atoms. The van der Waals surface area contributed by atoms with E-state index >= 15 is 0 Å². The fourth-order valence-corrected chi connectivity index (χ4v) is 2.38. The number of methoxy groups -OCH3 is 1. The van der Waals surface area contributed by atoms with E-state index in [4.69, 9.17) is 4.74 Å². The Balaban J connectivity index is 2.10. The van der Waals surface area contributed by atoms with Gasteiger partial charge in [0.25, 0.3) is 0 Å². The van der Waals surface area contributed by atoms with E-state index in [-0.39, 0.29) is 11.8 Å². The number of nitrogens with zero attached hydrogens (tertiary/aromatic N) is 1. The van der Waals surface area contributed by atoms with Crippen molar-refractivity contribution in [1.29, 1.82) is 0 Å². The summed E-state index contributed by atoms with van der Waals surface area (Å²) < 4.78 is 5.36. The first-order chi connectivity index (χ1) is 8.79. The van der Waals surface area contributed by atoms with Gasteiger partial charge in [0.15, 0.2) is 0 Å². The third-order valence-electron chi connectivity index (χ3n) is 3.21. The molecule has 0 spiro atoms. The minimum absolute atomic E-state index is 0.0105. The number of para-hydroxylation sites is 1. The first kappa shape index (κ1) is 10.8. The first-order valence-corrected chi connectivity index (χ1v) is 5.75. The molecule has 2 N–H and O–H groups in total. The number of ether oxygens (including phenoxy) is 1. The molecule has 18 heavy (non-hydrogen) atoms. The Kier molecular flexibility index (Phi) is 2.51. The number of fused-ring (bicyclic) bond motifs is 1. The van der Waals surface area contributed by atoms with E-state index in [2.05, 4.69) is 15.5 Å². The largest absolute Gasteiger partial charge is 0.496 e. The predicted molar refractivity (Wildman–Crippen MR) is 66.7 cm³/mol.